The van der Waals surface area contributed by atoms with E-state index in [1.54, 1.807) is 38.6 Å². The van der Waals surface area contributed by atoms with E-state index in [1.165, 1.54) is 22.7 Å². The number of benzene rings is 2. The predicted molar refractivity (Wildman–Crippen MR) is 128 cm³/mol. The summed E-state index contributed by atoms with van der Waals surface area (Å²) in [5, 5.41) is 10.2. The molecule has 0 aliphatic heterocycles. The Morgan fingerprint density at radius 3 is 2.74 bits per heavy atom. The zero-order chi connectivity index (χ0) is 24.4. The minimum absolute atomic E-state index is 0.181. The lowest BCUT2D eigenvalue weighted by Gasteiger charge is -2.13. The van der Waals surface area contributed by atoms with Crippen LogP contribution in [0, 0.1) is 5.82 Å². The molecule has 0 radical (unpaired) electrons. The molecule has 35 heavy (non-hydrogen) atoms. The van der Waals surface area contributed by atoms with Crippen LogP contribution in [0.1, 0.15) is 29.9 Å². The molecule has 10 heteroatoms. The van der Waals surface area contributed by atoms with E-state index in [4.69, 9.17) is 19.2 Å². The SMILES string of the molecule is COc1ccc(CNc2cc(OC(=O)Nc3cccc(F)c3)n3ncc(C4CC4)c3n2)c(OC)c1. The molecule has 1 saturated carbocycles. The summed E-state index contributed by atoms with van der Waals surface area (Å²) in [5.41, 5.74) is 2.81. The molecular formula is C25H24FN5O4. The number of halogens is 1. The number of hydrogen-bond donors (Lipinski definition) is 2. The number of anilines is 2. The summed E-state index contributed by atoms with van der Waals surface area (Å²) in [5.74, 6) is 1.98. The minimum atomic E-state index is -0.769. The van der Waals surface area contributed by atoms with E-state index in [1.807, 2.05) is 12.1 Å². The Hall–Kier alpha value is -4.34. The van der Waals surface area contributed by atoms with Gasteiger partial charge < -0.3 is 19.5 Å². The van der Waals surface area contributed by atoms with Crippen molar-refractivity contribution in [3.05, 3.63) is 71.7 Å². The fourth-order valence-corrected chi connectivity index (χ4v) is 3.79. The molecular weight excluding hydrogens is 453 g/mol. The molecule has 1 aliphatic rings. The number of ether oxygens (including phenoxy) is 3. The first-order valence-corrected chi connectivity index (χ1v) is 11.1. The van der Waals surface area contributed by atoms with Crippen LogP contribution in [0.4, 0.5) is 20.7 Å². The minimum Gasteiger partial charge on any atom is -0.497 e. The van der Waals surface area contributed by atoms with Crippen molar-refractivity contribution in [2.24, 2.45) is 0 Å². The molecule has 1 aliphatic carbocycles. The Bertz CT molecular complexity index is 1390. The quantitative estimate of drug-likeness (QED) is 0.369. The Balaban J connectivity index is 1.41. The monoisotopic (exact) mass is 477 g/mol. The molecule has 0 saturated heterocycles. The van der Waals surface area contributed by atoms with E-state index in [-0.39, 0.29) is 11.6 Å². The van der Waals surface area contributed by atoms with Gasteiger partial charge in [0, 0.05) is 35.5 Å². The molecule has 2 aromatic heterocycles. The number of rotatable bonds is 8. The smallest absolute Gasteiger partial charge is 0.418 e. The lowest BCUT2D eigenvalue weighted by atomic mass is 10.2. The maximum absolute atomic E-state index is 13.5. The molecule has 0 unspecified atom stereocenters. The van der Waals surface area contributed by atoms with Gasteiger partial charge >= 0.3 is 6.09 Å². The van der Waals surface area contributed by atoms with E-state index in [9.17, 15) is 9.18 Å². The zero-order valence-corrected chi connectivity index (χ0v) is 19.2. The van der Waals surface area contributed by atoms with Gasteiger partial charge in [0.15, 0.2) is 5.65 Å². The summed E-state index contributed by atoms with van der Waals surface area (Å²) >= 11 is 0. The van der Waals surface area contributed by atoms with Crippen LogP contribution >= 0.6 is 0 Å². The summed E-state index contributed by atoms with van der Waals surface area (Å²) in [4.78, 5) is 17.3. The second kappa shape index (κ2) is 9.49. The maximum Gasteiger partial charge on any atom is 0.418 e. The summed E-state index contributed by atoms with van der Waals surface area (Å²) in [7, 11) is 3.20. The summed E-state index contributed by atoms with van der Waals surface area (Å²) in [6, 6.07) is 12.7. The number of nitrogens with zero attached hydrogens (tertiary/aromatic N) is 3. The Morgan fingerprint density at radius 1 is 1.14 bits per heavy atom. The van der Waals surface area contributed by atoms with Gasteiger partial charge in [0.05, 0.1) is 20.4 Å². The average molecular weight is 477 g/mol. The molecule has 1 fully saturated rings. The van der Waals surface area contributed by atoms with Crippen LogP contribution in [0.15, 0.2) is 54.7 Å². The van der Waals surface area contributed by atoms with Gasteiger partial charge in [-0.2, -0.15) is 9.61 Å². The van der Waals surface area contributed by atoms with Crippen molar-refractivity contribution in [2.75, 3.05) is 24.9 Å². The van der Waals surface area contributed by atoms with Crippen LogP contribution in [-0.2, 0) is 6.54 Å². The second-order valence-electron chi connectivity index (χ2n) is 8.15. The van der Waals surface area contributed by atoms with Crippen molar-refractivity contribution in [1.29, 1.82) is 0 Å². The molecule has 2 N–H and O–H groups in total. The van der Waals surface area contributed by atoms with Gasteiger partial charge in [0.25, 0.3) is 0 Å². The van der Waals surface area contributed by atoms with Crippen molar-refractivity contribution in [3.63, 3.8) is 0 Å². The first-order valence-electron chi connectivity index (χ1n) is 11.1. The third-order valence-corrected chi connectivity index (χ3v) is 5.71. The van der Waals surface area contributed by atoms with Gasteiger partial charge in [0.1, 0.15) is 23.1 Å². The van der Waals surface area contributed by atoms with Gasteiger partial charge in [-0.25, -0.2) is 14.2 Å². The first kappa shape index (κ1) is 22.5. The molecule has 0 bridgehead atoms. The largest absolute Gasteiger partial charge is 0.497 e. The van der Waals surface area contributed by atoms with Crippen LogP contribution in [0.5, 0.6) is 17.4 Å². The van der Waals surface area contributed by atoms with Crippen molar-refractivity contribution < 1.29 is 23.4 Å². The highest BCUT2D eigenvalue weighted by Crippen LogP contribution is 2.42. The zero-order valence-electron chi connectivity index (χ0n) is 19.2. The maximum atomic E-state index is 13.5. The van der Waals surface area contributed by atoms with Crippen molar-refractivity contribution in [3.8, 4) is 17.4 Å². The number of methoxy groups -OCH3 is 2. The molecule has 0 spiro atoms. The Labute approximate surface area is 200 Å². The number of aromatic nitrogens is 3. The molecule has 180 valence electrons. The van der Waals surface area contributed by atoms with Gasteiger partial charge in [-0.3, -0.25) is 5.32 Å². The van der Waals surface area contributed by atoms with Crippen molar-refractivity contribution in [1.82, 2.24) is 14.6 Å². The summed E-state index contributed by atoms with van der Waals surface area (Å²) in [6.45, 7) is 0.415. The third-order valence-electron chi connectivity index (χ3n) is 5.71. The number of amides is 1. The first-order chi connectivity index (χ1) is 17.0. The number of hydrogen-bond acceptors (Lipinski definition) is 7. The van der Waals surface area contributed by atoms with E-state index < -0.39 is 11.9 Å². The predicted octanol–water partition coefficient (Wildman–Crippen LogP) is 4.99. The van der Waals surface area contributed by atoms with Crippen molar-refractivity contribution in [2.45, 2.75) is 25.3 Å². The van der Waals surface area contributed by atoms with Crippen LogP contribution in [0.2, 0.25) is 0 Å². The number of carbonyl (C=O) groups is 1. The van der Waals surface area contributed by atoms with Gasteiger partial charge in [-0.1, -0.05) is 6.07 Å². The van der Waals surface area contributed by atoms with E-state index >= 15 is 0 Å². The van der Waals surface area contributed by atoms with Crippen LogP contribution in [0.25, 0.3) is 5.65 Å². The molecule has 0 atom stereocenters. The Kier molecular flexibility index (Phi) is 6.09. The summed E-state index contributed by atoms with van der Waals surface area (Å²) < 4.78 is 31.3. The lowest BCUT2D eigenvalue weighted by molar-refractivity contribution is 0.212. The lowest BCUT2D eigenvalue weighted by Crippen LogP contribution is -2.19. The highest BCUT2D eigenvalue weighted by molar-refractivity contribution is 5.86. The number of carbonyl (C=O) groups excluding carboxylic acids is 1. The van der Waals surface area contributed by atoms with Gasteiger partial charge in [-0.05, 0) is 49.1 Å². The molecule has 4 aromatic rings. The number of fused-ring (bicyclic) bond motifs is 1. The molecule has 1 amide bonds. The van der Waals surface area contributed by atoms with Crippen LogP contribution in [0.3, 0.4) is 0 Å². The highest BCUT2D eigenvalue weighted by Gasteiger charge is 2.29. The molecule has 9 nitrogen and oxygen atoms in total. The fraction of sp³-hybridized carbons (Fsp3) is 0.240. The topological polar surface area (TPSA) is 99.0 Å². The fourth-order valence-electron chi connectivity index (χ4n) is 3.79. The molecule has 2 aromatic carbocycles. The van der Waals surface area contributed by atoms with E-state index in [2.05, 4.69) is 15.7 Å². The third kappa shape index (κ3) is 4.96. The van der Waals surface area contributed by atoms with E-state index in [0.29, 0.717) is 35.4 Å². The Morgan fingerprint density at radius 2 is 2.00 bits per heavy atom. The highest BCUT2D eigenvalue weighted by atomic mass is 19.1. The average Bonchev–Trinajstić information content (AvgIpc) is 3.61. The van der Waals surface area contributed by atoms with Gasteiger partial charge in [-0.15, -0.1) is 0 Å². The van der Waals surface area contributed by atoms with E-state index in [0.717, 1.165) is 24.0 Å². The number of nitrogens with one attached hydrogen (secondary N) is 2. The van der Waals surface area contributed by atoms with Crippen LogP contribution < -0.4 is 24.8 Å². The normalized spacial score (nSPS) is 12.9. The molecule has 5 rings (SSSR count). The van der Waals surface area contributed by atoms with Crippen LogP contribution in [-0.4, -0.2) is 34.9 Å². The van der Waals surface area contributed by atoms with Crippen molar-refractivity contribution >= 4 is 23.2 Å². The standard InChI is InChI=1S/C25H24FN5O4/c1-33-19-9-8-16(21(11-19)34-2)13-27-22-12-23(31-24(30-22)20(14-28-31)15-6-7-15)35-25(32)29-18-5-3-4-17(26)10-18/h3-5,8-12,14-15H,6-7,13H2,1-2H3,(H,27,30)(H,29,32). The molecule has 2 heterocycles. The second-order valence-corrected chi connectivity index (χ2v) is 8.15. The van der Waals surface area contributed by atoms with Gasteiger partial charge in [0.2, 0.25) is 5.88 Å². The summed E-state index contributed by atoms with van der Waals surface area (Å²) in [6.07, 6.45) is 3.13.